The molecule has 0 amide bonds. The molecule has 1 heterocycles. The molecule has 2 heteroatoms. The van der Waals surface area contributed by atoms with E-state index in [1.165, 1.54) is 5.57 Å². The van der Waals surface area contributed by atoms with E-state index < -0.39 is 0 Å². The van der Waals surface area contributed by atoms with Crippen molar-refractivity contribution >= 4 is 0 Å². The second-order valence-corrected chi connectivity index (χ2v) is 5.66. The van der Waals surface area contributed by atoms with E-state index >= 15 is 0 Å². The first-order chi connectivity index (χ1) is 7.88. The Morgan fingerprint density at radius 2 is 2.24 bits per heavy atom. The minimum Gasteiger partial charge on any atom is -0.392 e. The van der Waals surface area contributed by atoms with Crippen molar-refractivity contribution in [1.82, 2.24) is 0 Å². The van der Waals surface area contributed by atoms with E-state index in [1.807, 2.05) is 6.08 Å². The molecule has 0 aromatic heterocycles. The summed E-state index contributed by atoms with van der Waals surface area (Å²) in [6, 6.07) is 0. The lowest BCUT2D eigenvalue weighted by Gasteiger charge is -2.27. The van der Waals surface area contributed by atoms with Crippen LogP contribution in [-0.4, -0.2) is 22.9 Å². The summed E-state index contributed by atoms with van der Waals surface area (Å²) in [5.41, 5.74) is 1.05. The largest absolute Gasteiger partial charge is 0.392 e. The van der Waals surface area contributed by atoms with Crippen molar-refractivity contribution in [2.45, 2.75) is 64.8 Å². The second-order valence-electron chi connectivity index (χ2n) is 5.66. The summed E-state index contributed by atoms with van der Waals surface area (Å²) in [6.07, 6.45) is 6.52. The van der Waals surface area contributed by atoms with E-state index in [4.69, 9.17) is 4.74 Å². The van der Waals surface area contributed by atoms with Crippen molar-refractivity contribution in [2.75, 3.05) is 0 Å². The van der Waals surface area contributed by atoms with Crippen LogP contribution in [0.3, 0.4) is 0 Å². The minimum absolute atomic E-state index is 0.151. The molecule has 2 unspecified atom stereocenters. The zero-order valence-electron chi connectivity index (χ0n) is 11.6. The van der Waals surface area contributed by atoms with Crippen molar-refractivity contribution in [3.8, 4) is 0 Å². The van der Waals surface area contributed by atoms with Gasteiger partial charge in [0.2, 0.25) is 0 Å². The quantitative estimate of drug-likeness (QED) is 0.743. The molecule has 1 rings (SSSR count). The highest BCUT2D eigenvalue weighted by Crippen LogP contribution is 2.35. The molecular weight excluding hydrogens is 212 g/mol. The van der Waals surface area contributed by atoms with Gasteiger partial charge in [0.1, 0.15) is 0 Å². The fraction of sp³-hybridized carbons (Fsp3) is 0.733. The predicted molar refractivity (Wildman–Crippen MR) is 71.9 cm³/mol. The first-order valence-corrected chi connectivity index (χ1v) is 6.51. The number of aliphatic hydroxyl groups is 1. The predicted octanol–water partition coefficient (Wildman–Crippen LogP) is 3.46. The molecule has 4 atom stereocenters. The zero-order chi connectivity index (χ0) is 13.1. The van der Waals surface area contributed by atoms with Crippen LogP contribution in [0.5, 0.6) is 0 Å². The molecule has 0 radical (unpaired) electrons. The van der Waals surface area contributed by atoms with Crippen molar-refractivity contribution < 1.29 is 9.84 Å². The first kappa shape index (κ1) is 14.5. The van der Waals surface area contributed by atoms with Crippen LogP contribution in [0.2, 0.25) is 0 Å². The maximum atomic E-state index is 10.1. The number of ether oxygens (including phenoxy) is 1. The lowest BCUT2D eigenvalue weighted by molar-refractivity contribution is -0.0502. The number of hydrogen-bond donors (Lipinski definition) is 1. The second kappa shape index (κ2) is 5.83. The SMILES string of the molecule is C=C[C@@]1(C)CC[C@@H](C(C)C(O)CC=C(C)C)O1. The maximum absolute atomic E-state index is 10.1. The molecule has 2 nitrogen and oxygen atoms in total. The molecule has 1 aliphatic heterocycles. The summed E-state index contributed by atoms with van der Waals surface area (Å²) in [5.74, 6) is 0.173. The Kier molecular flexibility index (Phi) is 4.96. The van der Waals surface area contributed by atoms with E-state index in [2.05, 4.69) is 40.3 Å². The van der Waals surface area contributed by atoms with Crippen molar-refractivity contribution in [3.63, 3.8) is 0 Å². The highest BCUT2D eigenvalue weighted by atomic mass is 16.5. The summed E-state index contributed by atoms with van der Waals surface area (Å²) < 4.78 is 5.99. The summed E-state index contributed by atoms with van der Waals surface area (Å²) in [7, 11) is 0. The Hall–Kier alpha value is -0.600. The maximum Gasteiger partial charge on any atom is 0.0836 e. The average Bonchev–Trinajstić information content (AvgIpc) is 2.68. The monoisotopic (exact) mass is 238 g/mol. The number of hydrogen-bond acceptors (Lipinski definition) is 2. The van der Waals surface area contributed by atoms with Gasteiger partial charge in [0.25, 0.3) is 0 Å². The van der Waals surface area contributed by atoms with Crippen LogP contribution in [0.4, 0.5) is 0 Å². The van der Waals surface area contributed by atoms with Gasteiger partial charge in [0.15, 0.2) is 0 Å². The van der Waals surface area contributed by atoms with Crippen LogP contribution in [0, 0.1) is 5.92 Å². The van der Waals surface area contributed by atoms with Crippen LogP contribution in [-0.2, 0) is 4.74 Å². The zero-order valence-corrected chi connectivity index (χ0v) is 11.6. The fourth-order valence-corrected chi connectivity index (χ4v) is 2.23. The highest BCUT2D eigenvalue weighted by molar-refractivity contribution is 5.01. The number of aliphatic hydroxyl groups excluding tert-OH is 1. The summed E-state index contributed by atoms with van der Waals surface area (Å²) in [5, 5.41) is 10.1. The molecule has 0 aliphatic carbocycles. The molecule has 1 N–H and O–H groups in total. The van der Waals surface area contributed by atoms with Gasteiger partial charge in [-0.1, -0.05) is 24.6 Å². The van der Waals surface area contributed by atoms with E-state index in [9.17, 15) is 5.11 Å². The van der Waals surface area contributed by atoms with Gasteiger partial charge in [0.05, 0.1) is 17.8 Å². The van der Waals surface area contributed by atoms with Crippen LogP contribution >= 0.6 is 0 Å². The normalized spacial score (nSPS) is 31.9. The summed E-state index contributed by atoms with van der Waals surface area (Å²) >= 11 is 0. The molecule has 1 saturated heterocycles. The molecule has 1 aliphatic rings. The van der Waals surface area contributed by atoms with E-state index in [-0.39, 0.29) is 23.7 Å². The van der Waals surface area contributed by atoms with Gasteiger partial charge in [0, 0.05) is 5.92 Å². The Morgan fingerprint density at radius 3 is 2.71 bits per heavy atom. The lowest BCUT2D eigenvalue weighted by Crippen LogP contribution is -2.31. The van der Waals surface area contributed by atoms with E-state index in [1.54, 1.807) is 0 Å². The van der Waals surface area contributed by atoms with Gasteiger partial charge in [-0.3, -0.25) is 0 Å². The number of rotatable bonds is 5. The van der Waals surface area contributed by atoms with Crippen LogP contribution in [0.1, 0.15) is 47.0 Å². The van der Waals surface area contributed by atoms with Gasteiger partial charge >= 0.3 is 0 Å². The standard InChI is InChI=1S/C15H26O2/c1-6-15(5)10-9-14(17-15)12(4)13(16)8-7-11(2)3/h6-7,12-14,16H,1,8-10H2,2-5H3/t12?,13?,14-,15-/m0/s1. The molecular formula is C15H26O2. The minimum atomic E-state index is -0.318. The Morgan fingerprint density at radius 1 is 1.59 bits per heavy atom. The molecule has 0 spiro atoms. The summed E-state index contributed by atoms with van der Waals surface area (Å²) in [6.45, 7) is 12.1. The molecule has 17 heavy (non-hydrogen) atoms. The van der Waals surface area contributed by atoms with Crippen LogP contribution in [0.25, 0.3) is 0 Å². The van der Waals surface area contributed by atoms with Gasteiger partial charge in [-0.15, -0.1) is 6.58 Å². The molecule has 98 valence electrons. The van der Waals surface area contributed by atoms with Crippen molar-refractivity contribution in [1.29, 1.82) is 0 Å². The smallest absolute Gasteiger partial charge is 0.0836 e. The van der Waals surface area contributed by atoms with Crippen molar-refractivity contribution in [3.05, 3.63) is 24.3 Å². The third-order valence-corrected chi connectivity index (χ3v) is 3.74. The van der Waals surface area contributed by atoms with Gasteiger partial charge < -0.3 is 9.84 Å². The Labute approximate surface area is 105 Å². The van der Waals surface area contributed by atoms with Gasteiger partial charge in [-0.05, 0) is 40.0 Å². The van der Waals surface area contributed by atoms with Gasteiger partial charge in [-0.25, -0.2) is 0 Å². The Bertz CT molecular complexity index is 291. The van der Waals surface area contributed by atoms with Gasteiger partial charge in [-0.2, -0.15) is 0 Å². The van der Waals surface area contributed by atoms with Crippen LogP contribution in [0.15, 0.2) is 24.3 Å². The highest BCUT2D eigenvalue weighted by Gasteiger charge is 2.37. The molecule has 0 saturated carbocycles. The molecule has 0 bridgehead atoms. The number of allylic oxidation sites excluding steroid dienone is 1. The Balaban J connectivity index is 2.51. The summed E-state index contributed by atoms with van der Waals surface area (Å²) in [4.78, 5) is 0. The molecule has 0 aromatic rings. The third-order valence-electron chi connectivity index (χ3n) is 3.74. The van der Waals surface area contributed by atoms with E-state index in [0.717, 1.165) is 12.8 Å². The van der Waals surface area contributed by atoms with Crippen LogP contribution < -0.4 is 0 Å². The van der Waals surface area contributed by atoms with Crippen molar-refractivity contribution in [2.24, 2.45) is 5.92 Å². The fourth-order valence-electron chi connectivity index (χ4n) is 2.23. The topological polar surface area (TPSA) is 29.5 Å². The molecule has 1 fully saturated rings. The third kappa shape index (κ3) is 3.97. The van der Waals surface area contributed by atoms with E-state index in [0.29, 0.717) is 6.42 Å². The molecule has 0 aromatic carbocycles. The lowest BCUT2D eigenvalue weighted by atomic mass is 9.92. The average molecular weight is 238 g/mol. The first-order valence-electron chi connectivity index (χ1n) is 6.51.